The van der Waals surface area contributed by atoms with Crippen molar-refractivity contribution in [2.45, 2.75) is 38.9 Å². The summed E-state index contributed by atoms with van der Waals surface area (Å²) in [4.78, 5) is 0. The average Bonchev–Trinajstić information content (AvgIpc) is 3.04. The minimum Gasteiger partial charge on any atom is -0.399 e. The Labute approximate surface area is 130 Å². The first-order chi connectivity index (χ1) is 9.89. The van der Waals surface area contributed by atoms with Gasteiger partial charge in [0.1, 0.15) is 22.4 Å². The summed E-state index contributed by atoms with van der Waals surface area (Å²) < 4.78 is 29.7. The highest BCUT2D eigenvalue weighted by Gasteiger charge is 2.53. The maximum atomic E-state index is 6.16. The lowest BCUT2D eigenvalue weighted by atomic mass is 9.76. The summed E-state index contributed by atoms with van der Waals surface area (Å²) in [6.07, 6.45) is 0. The number of fused-ring (bicyclic) bond motifs is 2. The van der Waals surface area contributed by atoms with Crippen molar-refractivity contribution in [2.75, 3.05) is 0 Å². The van der Waals surface area contributed by atoms with Crippen LogP contribution in [0.15, 0.2) is 14.8 Å². The zero-order valence-electron chi connectivity index (χ0n) is 12.1. The smallest absolute Gasteiger partial charge is 0.399 e. The highest BCUT2D eigenvalue weighted by Crippen LogP contribution is 2.40. The molecular weight excluding hydrogens is 307 g/mol. The molecule has 2 aliphatic heterocycles. The van der Waals surface area contributed by atoms with Crippen molar-refractivity contribution in [3.63, 3.8) is 0 Å². The van der Waals surface area contributed by atoms with E-state index in [-0.39, 0.29) is 0 Å². The molecule has 0 N–H and O–H groups in total. The lowest BCUT2D eigenvalue weighted by molar-refractivity contribution is 0.00578. The van der Waals surface area contributed by atoms with Crippen molar-refractivity contribution in [1.29, 1.82) is 0 Å². The van der Waals surface area contributed by atoms with Gasteiger partial charge < -0.3 is 9.31 Å². The first-order valence-corrected chi connectivity index (χ1v) is 8.08. The van der Waals surface area contributed by atoms with Crippen LogP contribution < -0.4 is 5.46 Å². The molecule has 21 heavy (non-hydrogen) atoms. The van der Waals surface area contributed by atoms with Gasteiger partial charge in [0, 0.05) is 5.46 Å². The van der Waals surface area contributed by atoms with E-state index in [1.165, 1.54) is 23.1 Å². The molecule has 1 fully saturated rings. The van der Waals surface area contributed by atoms with Gasteiger partial charge in [-0.1, -0.05) is 0 Å². The number of hydrogen-bond acceptors (Lipinski definition) is 7. The highest BCUT2D eigenvalue weighted by atomic mass is 32.1. The highest BCUT2D eigenvalue weighted by molar-refractivity contribution is 7.58. The number of aromatic nitrogens is 2. The molecule has 0 aliphatic carbocycles. The van der Waals surface area contributed by atoms with Gasteiger partial charge in [-0.3, -0.25) is 0 Å². The summed E-state index contributed by atoms with van der Waals surface area (Å²) >= 11 is 2.35. The van der Waals surface area contributed by atoms with Gasteiger partial charge in [0.05, 0.1) is 34.3 Å². The van der Waals surface area contributed by atoms with E-state index in [4.69, 9.17) is 9.31 Å². The number of rotatable bonds is 1. The van der Waals surface area contributed by atoms with Crippen molar-refractivity contribution in [3.8, 4) is 0 Å². The molecular formula is C12H13BN4O2S2. The number of nitrogens with zero attached hydrogens (tertiary/aromatic N) is 4. The Morgan fingerprint density at radius 2 is 1.76 bits per heavy atom. The fourth-order valence-corrected chi connectivity index (χ4v) is 3.46. The fourth-order valence-electron chi connectivity index (χ4n) is 2.38. The zero-order valence-corrected chi connectivity index (χ0v) is 13.7. The summed E-state index contributed by atoms with van der Waals surface area (Å²) in [6, 6.07) is 1.91. The van der Waals surface area contributed by atoms with Gasteiger partial charge in [0.15, 0.2) is 0 Å². The zero-order chi connectivity index (χ0) is 14.8. The molecule has 6 nitrogen and oxygen atoms in total. The molecule has 2 aliphatic rings. The Morgan fingerprint density at radius 1 is 1.05 bits per heavy atom. The Kier molecular flexibility index (Phi) is 2.69. The van der Waals surface area contributed by atoms with Crippen LogP contribution in [0, 0.1) is 0 Å². The van der Waals surface area contributed by atoms with Crippen molar-refractivity contribution < 1.29 is 9.31 Å². The van der Waals surface area contributed by atoms with Crippen LogP contribution in [0.5, 0.6) is 0 Å². The average molecular weight is 320 g/mol. The van der Waals surface area contributed by atoms with E-state index >= 15 is 0 Å². The van der Waals surface area contributed by atoms with Crippen molar-refractivity contribution in [3.05, 3.63) is 6.07 Å². The predicted octanol–water partition coefficient (Wildman–Crippen LogP) is 2.72. The Morgan fingerprint density at radius 3 is 2.48 bits per heavy atom. The van der Waals surface area contributed by atoms with Crippen LogP contribution in [0.25, 0.3) is 11.0 Å². The van der Waals surface area contributed by atoms with Crippen LogP contribution in [-0.2, 0) is 20.7 Å². The predicted molar refractivity (Wildman–Crippen MR) is 84.7 cm³/mol. The van der Waals surface area contributed by atoms with E-state index in [9.17, 15) is 0 Å². The molecule has 2 aromatic rings. The normalized spacial score (nSPS) is 21.8. The van der Waals surface area contributed by atoms with Gasteiger partial charge in [-0.15, -0.1) is 0 Å². The van der Waals surface area contributed by atoms with Crippen LogP contribution >= 0.6 is 11.7 Å². The third-order valence-corrected chi connectivity index (χ3v) is 5.39. The summed E-state index contributed by atoms with van der Waals surface area (Å²) in [5.41, 5.74) is 3.23. The molecule has 3 heterocycles. The minimum atomic E-state index is -0.506. The van der Waals surface area contributed by atoms with Gasteiger partial charge in [0.2, 0.25) is 0 Å². The van der Waals surface area contributed by atoms with Gasteiger partial charge in [-0.05, 0) is 33.8 Å². The topological polar surface area (TPSA) is 69.0 Å². The molecule has 108 valence electrons. The second-order valence-electron chi connectivity index (χ2n) is 6.14. The Balaban J connectivity index is 1.92. The van der Waals surface area contributed by atoms with Crippen molar-refractivity contribution >= 4 is 58.1 Å². The van der Waals surface area contributed by atoms with Crippen LogP contribution in [0.3, 0.4) is 0 Å². The summed E-state index contributed by atoms with van der Waals surface area (Å²) in [5.74, 6) is 0. The monoisotopic (exact) mass is 320 g/mol. The largest absolute Gasteiger partial charge is 0.499 e. The number of hydrogen-bond donors (Lipinski definition) is 0. The maximum absolute atomic E-state index is 6.16. The van der Waals surface area contributed by atoms with E-state index < -0.39 is 18.3 Å². The third-order valence-electron chi connectivity index (χ3n) is 4.30. The van der Waals surface area contributed by atoms with Crippen molar-refractivity contribution in [2.24, 2.45) is 8.73 Å². The fraction of sp³-hybridized carbons (Fsp3) is 0.500. The molecule has 0 bridgehead atoms. The Bertz CT molecular complexity index is 810. The molecule has 9 heteroatoms. The molecule has 0 radical (unpaired) electrons. The summed E-state index contributed by atoms with van der Waals surface area (Å²) in [5, 5.41) is 0. The van der Waals surface area contributed by atoms with Gasteiger partial charge >= 0.3 is 7.12 Å². The minimum absolute atomic E-state index is 0.404. The maximum Gasteiger partial charge on any atom is 0.499 e. The molecule has 1 aromatic heterocycles. The molecule has 0 amide bonds. The first kappa shape index (κ1) is 13.5. The van der Waals surface area contributed by atoms with Crippen LogP contribution in [0.2, 0.25) is 0 Å². The second-order valence-corrected chi connectivity index (χ2v) is 7.20. The SMILES string of the molecule is CC1(C)OB(c2c3c(cc4nsnc24)N=S=N3)OC1(C)C. The summed E-state index contributed by atoms with van der Waals surface area (Å²) in [7, 11) is -0.506. The quantitative estimate of drug-likeness (QED) is 0.647. The third kappa shape index (κ3) is 1.84. The van der Waals surface area contributed by atoms with Crippen LogP contribution in [-0.4, -0.2) is 27.1 Å². The van der Waals surface area contributed by atoms with Gasteiger partial charge in [0.25, 0.3) is 0 Å². The molecule has 0 saturated carbocycles. The van der Waals surface area contributed by atoms with Gasteiger partial charge in [-0.25, -0.2) is 0 Å². The Hall–Kier alpha value is -1.16. The molecule has 0 spiro atoms. The van der Waals surface area contributed by atoms with Gasteiger partial charge in [-0.2, -0.15) is 17.5 Å². The van der Waals surface area contributed by atoms with E-state index in [0.717, 1.165) is 27.9 Å². The van der Waals surface area contributed by atoms with E-state index in [2.05, 4.69) is 17.5 Å². The van der Waals surface area contributed by atoms with E-state index in [1.54, 1.807) is 0 Å². The van der Waals surface area contributed by atoms with Crippen LogP contribution in [0.1, 0.15) is 27.7 Å². The van der Waals surface area contributed by atoms with E-state index in [1.807, 2.05) is 33.8 Å². The summed E-state index contributed by atoms with van der Waals surface area (Å²) in [6.45, 7) is 8.12. The lowest BCUT2D eigenvalue weighted by Crippen LogP contribution is -2.41. The van der Waals surface area contributed by atoms with Crippen LogP contribution in [0.4, 0.5) is 11.4 Å². The molecule has 1 aromatic carbocycles. The molecule has 4 rings (SSSR count). The second kappa shape index (κ2) is 4.19. The first-order valence-electron chi connectivity index (χ1n) is 6.62. The standard InChI is InChI=1S/C12H13BN4O2S2/c1-11(2)12(3,4)19-13(18-11)8-9-6(14-20-16-9)5-7-10(8)17-21-15-7/h5H,1-4H3. The molecule has 0 unspecified atom stereocenters. The number of benzene rings is 1. The van der Waals surface area contributed by atoms with E-state index in [0.29, 0.717) is 0 Å². The van der Waals surface area contributed by atoms with Crippen molar-refractivity contribution in [1.82, 2.24) is 8.75 Å². The molecule has 0 atom stereocenters. The lowest BCUT2D eigenvalue weighted by Gasteiger charge is -2.32. The molecule has 1 saturated heterocycles.